The Bertz CT molecular complexity index is 230. The Morgan fingerprint density at radius 3 is 2.77 bits per heavy atom. The molecule has 3 nitrogen and oxygen atoms in total. The van der Waals surface area contributed by atoms with E-state index in [1.807, 2.05) is 6.07 Å². The summed E-state index contributed by atoms with van der Waals surface area (Å²) in [4.78, 5) is 8.23. The van der Waals surface area contributed by atoms with Gasteiger partial charge in [0.15, 0.2) is 0 Å². The second-order valence-corrected chi connectivity index (χ2v) is 4.23. The van der Waals surface area contributed by atoms with Crippen molar-refractivity contribution in [3.8, 4) is 0 Å². The SMILES string of the molecule is CC(CCO)SCc1ncccn1. The zero-order chi connectivity index (χ0) is 9.52. The minimum Gasteiger partial charge on any atom is -0.396 e. The molecule has 0 amide bonds. The summed E-state index contributed by atoms with van der Waals surface area (Å²) >= 11 is 1.77. The van der Waals surface area contributed by atoms with Gasteiger partial charge in [0, 0.05) is 24.3 Å². The first kappa shape index (κ1) is 10.5. The van der Waals surface area contributed by atoms with Gasteiger partial charge in [-0.05, 0) is 12.5 Å². The molecule has 0 spiro atoms. The van der Waals surface area contributed by atoms with Crippen LogP contribution in [0, 0.1) is 0 Å². The molecule has 0 fully saturated rings. The first-order valence-electron chi connectivity index (χ1n) is 4.31. The lowest BCUT2D eigenvalue weighted by Crippen LogP contribution is -2.01. The summed E-state index contributed by atoms with van der Waals surface area (Å²) in [6.07, 6.45) is 4.33. The van der Waals surface area contributed by atoms with Crippen LogP contribution < -0.4 is 0 Å². The van der Waals surface area contributed by atoms with E-state index in [0.717, 1.165) is 18.0 Å². The molecule has 1 N–H and O–H groups in total. The van der Waals surface area contributed by atoms with Crippen LogP contribution in [0.5, 0.6) is 0 Å². The molecule has 13 heavy (non-hydrogen) atoms. The van der Waals surface area contributed by atoms with Crippen LogP contribution in [0.2, 0.25) is 0 Å². The highest BCUT2D eigenvalue weighted by atomic mass is 32.2. The normalized spacial score (nSPS) is 12.8. The van der Waals surface area contributed by atoms with Crippen molar-refractivity contribution in [3.63, 3.8) is 0 Å². The largest absolute Gasteiger partial charge is 0.396 e. The Hall–Kier alpha value is -0.610. The third-order valence-corrected chi connectivity index (χ3v) is 2.88. The van der Waals surface area contributed by atoms with E-state index < -0.39 is 0 Å². The van der Waals surface area contributed by atoms with Gasteiger partial charge in [-0.2, -0.15) is 11.8 Å². The fraction of sp³-hybridized carbons (Fsp3) is 0.556. The van der Waals surface area contributed by atoms with E-state index in [-0.39, 0.29) is 6.61 Å². The molecule has 1 atom stereocenters. The van der Waals surface area contributed by atoms with Crippen LogP contribution in [0.25, 0.3) is 0 Å². The average molecular weight is 198 g/mol. The van der Waals surface area contributed by atoms with Crippen LogP contribution in [0.4, 0.5) is 0 Å². The maximum absolute atomic E-state index is 8.69. The van der Waals surface area contributed by atoms with E-state index in [2.05, 4.69) is 16.9 Å². The van der Waals surface area contributed by atoms with Crippen molar-refractivity contribution in [3.05, 3.63) is 24.3 Å². The molecular weight excluding hydrogens is 184 g/mol. The number of aliphatic hydroxyl groups is 1. The van der Waals surface area contributed by atoms with Gasteiger partial charge in [-0.15, -0.1) is 0 Å². The Morgan fingerprint density at radius 2 is 2.15 bits per heavy atom. The topological polar surface area (TPSA) is 46.0 Å². The van der Waals surface area contributed by atoms with Crippen LogP contribution in [-0.4, -0.2) is 26.9 Å². The number of aliphatic hydroxyl groups excluding tert-OH is 1. The lowest BCUT2D eigenvalue weighted by molar-refractivity contribution is 0.289. The predicted octanol–water partition coefficient (Wildman–Crippen LogP) is 1.48. The highest BCUT2D eigenvalue weighted by molar-refractivity contribution is 7.99. The Balaban J connectivity index is 2.27. The van der Waals surface area contributed by atoms with Crippen LogP contribution in [0.3, 0.4) is 0 Å². The van der Waals surface area contributed by atoms with Gasteiger partial charge in [0.2, 0.25) is 0 Å². The van der Waals surface area contributed by atoms with E-state index in [9.17, 15) is 0 Å². The fourth-order valence-corrected chi connectivity index (χ4v) is 1.74. The lowest BCUT2D eigenvalue weighted by atomic mass is 10.3. The molecule has 1 aromatic rings. The van der Waals surface area contributed by atoms with Gasteiger partial charge < -0.3 is 5.11 Å². The standard InChI is InChI=1S/C9H14N2OS/c1-8(3-6-12)13-7-9-10-4-2-5-11-9/h2,4-5,8,12H,3,6-7H2,1H3. The van der Waals surface area contributed by atoms with Gasteiger partial charge in [0.25, 0.3) is 0 Å². The molecule has 0 aliphatic rings. The number of hydrogen-bond acceptors (Lipinski definition) is 4. The molecule has 0 bridgehead atoms. The first-order valence-corrected chi connectivity index (χ1v) is 5.36. The average Bonchev–Trinajstić information content (AvgIpc) is 2.17. The van der Waals surface area contributed by atoms with Gasteiger partial charge in [0.1, 0.15) is 5.82 Å². The Kier molecular flexibility index (Phi) is 4.78. The number of rotatable bonds is 5. The molecule has 1 unspecified atom stereocenters. The molecule has 1 aromatic heterocycles. The summed E-state index contributed by atoms with van der Waals surface area (Å²) in [5.74, 6) is 1.68. The zero-order valence-corrected chi connectivity index (χ0v) is 8.50. The van der Waals surface area contributed by atoms with Gasteiger partial charge in [-0.1, -0.05) is 6.92 Å². The van der Waals surface area contributed by atoms with Gasteiger partial charge in [0.05, 0.1) is 5.75 Å². The number of nitrogens with zero attached hydrogens (tertiary/aromatic N) is 2. The molecule has 4 heteroatoms. The predicted molar refractivity (Wildman–Crippen MR) is 54.5 cm³/mol. The second kappa shape index (κ2) is 5.94. The van der Waals surface area contributed by atoms with Crippen molar-refractivity contribution in [2.24, 2.45) is 0 Å². The van der Waals surface area contributed by atoms with E-state index in [0.29, 0.717) is 5.25 Å². The fourth-order valence-electron chi connectivity index (χ4n) is 0.886. The molecule has 0 radical (unpaired) electrons. The number of hydrogen-bond donors (Lipinski definition) is 1. The van der Waals surface area contributed by atoms with E-state index in [1.165, 1.54) is 0 Å². The summed E-state index contributed by atoms with van der Waals surface area (Å²) in [6.45, 7) is 2.35. The van der Waals surface area contributed by atoms with Crippen LogP contribution >= 0.6 is 11.8 Å². The van der Waals surface area contributed by atoms with Crippen LogP contribution in [-0.2, 0) is 5.75 Å². The monoisotopic (exact) mass is 198 g/mol. The Morgan fingerprint density at radius 1 is 1.46 bits per heavy atom. The van der Waals surface area contributed by atoms with Crippen molar-refractivity contribution in [2.75, 3.05) is 6.61 Å². The minimum atomic E-state index is 0.254. The lowest BCUT2D eigenvalue weighted by Gasteiger charge is -2.07. The molecular formula is C9H14N2OS. The maximum atomic E-state index is 8.69. The van der Waals surface area contributed by atoms with Crippen molar-refractivity contribution in [2.45, 2.75) is 24.3 Å². The molecule has 0 saturated carbocycles. The quantitative estimate of drug-likeness (QED) is 0.778. The number of aromatic nitrogens is 2. The molecule has 0 aliphatic carbocycles. The molecule has 1 heterocycles. The van der Waals surface area contributed by atoms with Crippen molar-refractivity contribution >= 4 is 11.8 Å². The van der Waals surface area contributed by atoms with Crippen molar-refractivity contribution in [1.29, 1.82) is 0 Å². The summed E-state index contributed by atoms with van der Waals surface area (Å²) in [6, 6.07) is 1.81. The summed E-state index contributed by atoms with van der Waals surface area (Å²) < 4.78 is 0. The molecule has 1 rings (SSSR count). The maximum Gasteiger partial charge on any atom is 0.138 e. The Labute approximate surface area is 82.6 Å². The molecule has 0 saturated heterocycles. The number of thioether (sulfide) groups is 1. The minimum absolute atomic E-state index is 0.254. The third kappa shape index (κ3) is 4.24. The molecule has 0 aliphatic heterocycles. The van der Waals surface area contributed by atoms with E-state index in [4.69, 9.17) is 5.11 Å². The van der Waals surface area contributed by atoms with Gasteiger partial charge in [-0.3, -0.25) is 0 Å². The highest BCUT2D eigenvalue weighted by Crippen LogP contribution is 2.16. The summed E-state index contributed by atoms with van der Waals surface area (Å²) in [7, 11) is 0. The van der Waals surface area contributed by atoms with Gasteiger partial charge >= 0.3 is 0 Å². The molecule has 72 valence electrons. The van der Waals surface area contributed by atoms with Gasteiger partial charge in [-0.25, -0.2) is 9.97 Å². The summed E-state index contributed by atoms with van der Waals surface area (Å²) in [5, 5.41) is 9.16. The first-order chi connectivity index (χ1) is 6.33. The smallest absolute Gasteiger partial charge is 0.138 e. The van der Waals surface area contributed by atoms with E-state index in [1.54, 1.807) is 24.2 Å². The van der Waals surface area contributed by atoms with Crippen LogP contribution in [0.15, 0.2) is 18.5 Å². The van der Waals surface area contributed by atoms with E-state index >= 15 is 0 Å². The second-order valence-electron chi connectivity index (χ2n) is 2.80. The highest BCUT2D eigenvalue weighted by Gasteiger charge is 2.02. The van der Waals surface area contributed by atoms with Crippen LogP contribution in [0.1, 0.15) is 19.2 Å². The summed E-state index contributed by atoms with van der Waals surface area (Å²) in [5.41, 5.74) is 0. The molecule has 0 aromatic carbocycles. The zero-order valence-electron chi connectivity index (χ0n) is 7.68. The third-order valence-electron chi connectivity index (χ3n) is 1.65. The van der Waals surface area contributed by atoms with Crippen molar-refractivity contribution in [1.82, 2.24) is 9.97 Å². The van der Waals surface area contributed by atoms with Crippen molar-refractivity contribution < 1.29 is 5.11 Å².